The number of carbonyl (C=O) groups is 1. The minimum absolute atomic E-state index is 0.333. The first-order valence-corrected chi connectivity index (χ1v) is 7.62. The number of likely N-dealkylation sites (N-methyl/N-ethyl adjacent to an activating group) is 1. The lowest BCUT2D eigenvalue weighted by atomic mass is 9.97. The molecule has 0 aliphatic carbocycles. The summed E-state index contributed by atoms with van der Waals surface area (Å²) in [6, 6.07) is 8.78. The zero-order chi connectivity index (χ0) is 14.4. The molecule has 0 N–H and O–H groups in total. The van der Waals surface area contributed by atoms with Crippen molar-refractivity contribution in [2.24, 2.45) is 0 Å². The second-order valence-corrected chi connectivity index (χ2v) is 5.94. The Morgan fingerprint density at radius 1 is 1.15 bits per heavy atom. The van der Waals surface area contributed by atoms with E-state index in [1.807, 2.05) is 0 Å². The molecule has 0 bridgehead atoms. The van der Waals surface area contributed by atoms with Gasteiger partial charge in [0.2, 0.25) is 0 Å². The maximum Gasteiger partial charge on any atom is 0.120 e. The van der Waals surface area contributed by atoms with Crippen LogP contribution in [0.5, 0.6) is 0 Å². The Kier molecular flexibility index (Phi) is 5.74. The quantitative estimate of drug-likeness (QED) is 0.743. The molecule has 1 unspecified atom stereocenters. The normalized spacial score (nSPS) is 18.9. The summed E-state index contributed by atoms with van der Waals surface area (Å²) in [5.41, 5.74) is 2.66. The summed E-state index contributed by atoms with van der Waals surface area (Å²) in [7, 11) is 2.19. The van der Waals surface area contributed by atoms with Crippen molar-refractivity contribution >= 4 is 6.29 Å². The van der Waals surface area contributed by atoms with Crippen LogP contribution in [0.15, 0.2) is 24.3 Å². The molecule has 1 aromatic rings. The summed E-state index contributed by atoms with van der Waals surface area (Å²) in [5, 5.41) is 0. The third-order valence-electron chi connectivity index (χ3n) is 4.31. The summed E-state index contributed by atoms with van der Waals surface area (Å²) in [4.78, 5) is 15.5. The molecule has 1 fully saturated rings. The van der Waals surface area contributed by atoms with Crippen molar-refractivity contribution < 1.29 is 4.79 Å². The SMILES string of the molecule is CC(CC=O)c1ccc(CCN2CCN(C)CC2)cc1. The zero-order valence-electron chi connectivity index (χ0n) is 12.7. The van der Waals surface area contributed by atoms with E-state index in [0.717, 1.165) is 19.3 Å². The molecule has 110 valence electrons. The Hall–Kier alpha value is -1.19. The predicted molar refractivity (Wildman–Crippen MR) is 83.2 cm³/mol. The highest BCUT2D eigenvalue weighted by molar-refractivity contribution is 5.51. The minimum atomic E-state index is 0.333. The van der Waals surface area contributed by atoms with E-state index in [1.165, 1.54) is 37.3 Å². The first-order chi connectivity index (χ1) is 9.69. The number of hydrogen-bond acceptors (Lipinski definition) is 3. The molecule has 0 aromatic heterocycles. The fraction of sp³-hybridized carbons (Fsp3) is 0.588. The zero-order valence-corrected chi connectivity index (χ0v) is 12.7. The van der Waals surface area contributed by atoms with Crippen molar-refractivity contribution in [1.29, 1.82) is 0 Å². The molecule has 1 aromatic carbocycles. The van der Waals surface area contributed by atoms with Gasteiger partial charge in [0.25, 0.3) is 0 Å². The highest BCUT2D eigenvalue weighted by Crippen LogP contribution is 2.18. The van der Waals surface area contributed by atoms with Gasteiger partial charge in [-0.05, 0) is 30.5 Å². The van der Waals surface area contributed by atoms with Crippen LogP contribution in [0.1, 0.15) is 30.4 Å². The van der Waals surface area contributed by atoms with Crippen LogP contribution < -0.4 is 0 Å². The first kappa shape index (κ1) is 15.2. The van der Waals surface area contributed by atoms with Crippen molar-refractivity contribution in [2.75, 3.05) is 39.8 Å². The second-order valence-electron chi connectivity index (χ2n) is 5.94. The molecular weight excluding hydrogens is 248 g/mol. The van der Waals surface area contributed by atoms with Crippen molar-refractivity contribution in [3.05, 3.63) is 35.4 Å². The summed E-state index contributed by atoms with van der Waals surface area (Å²) >= 11 is 0. The van der Waals surface area contributed by atoms with Crippen LogP contribution >= 0.6 is 0 Å². The van der Waals surface area contributed by atoms with Crippen LogP contribution in [0, 0.1) is 0 Å². The lowest BCUT2D eigenvalue weighted by Gasteiger charge is -2.32. The van der Waals surface area contributed by atoms with Gasteiger partial charge in [0.15, 0.2) is 0 Å². The molecule has 3 heteroatoms. The average molecular weight is 274 g/mol. The van der Waals surface area contributed by atoms with E-state index in [0.29, 0.717) is 12.3 Å². The predicted octanol–water partition coefficient (Wildman–Crippen LogP) is 2.17. The highest BCUT2D eigenvalue weighted by Gasteiger charge is 2.13. The molecule has 1 heterocycles. The number of carbonyl (C=O) groups excluding carboxylic acids is 1. The van der Waals surface area contributed by atoms with Gasteiger partial charge in [-0.15, -0.1) is 0 Å². The van der Waals surface area contributed by atoms with Gasteiger partial charge in [0, 0.05) is 39.1 Å². The largest absolute Gasteiger partial charge is 0.304 e. The number of piperazine rings is 1. The highest BCUT2D eigenvalue weighted by atomic mass is 16.1. The molecule has 0 radical (unpaired) electrons. The topological polar surface area (TPSA) is 23.6 Å². The molecule has 0 amide bonds. The Labute approximate surface area is 122 Å². The van der Waals surface area contributed by atoms with E-state index in [1.54, 1.807) is 0 Å². The fourth-order valence-electron chi connectivity index (χ4n) is 2.65. The third kappa shape index (κ3) is 4.43. The molecular formula is C17H26N2O. The van der Waals surface area contributed by atoms with Crippen LogP contribution in [0.25, 0.3) is 0 Å². The molecule has 1 saturated heterocycles. The van der Waals surface area contributed by atoms with E-state index in [2.05, 4.69) is 48.0 Å². The smallest absolute Gasteiger partial charge is 0.120 e. The van der Waals surface area contributed by atoms with E-state index in [-0.39, 0.29) is 0 Å². The van der Waals surface area contributed by atoms with Crippen LogP contribution in [-0.4, -0.2) is 55.9 Å². The number of hydrogen-bond donors (Lipinski definition) is 0. The standard InChI is InChI=1S/C17H26N2O/c1-15(8-14-20)17-5-3-16(4-6-17)7-9-19-12-10-18(2)11-13-19/h3-6,14-15H,7-13H2,1-2H3. The van der Waals surface area contributed by atoms with Crippen molar-refractivity contribution in [2.45, 2.75) is 25.7 Å². The molecule has 1 aliphatic rings. The van der Waals surface area contributed by atoms with Gasteiger partial charge in [-0.3, -0.25) is 0 Å². The monoisotopic (exact) mass is 274 g/mol. The Bertz CT molecular complexity index is 408. The van der Waals surface area contributed by atoms with Gasteiger partial charge in [0.1, 0.15) is 6.29 Å². The fourth-order valence-corrected chi connectivity index (χ4v) is 2.65. The summed E-state index contributed by atoms with van der Waals surface area (Å²) in [6.45, 7) is 7.99. The summed E-state index contributed by atoms with van der Waals surface area (Å²) < 4.78 is 0. The molecule has 0 saturated carbocycles. The molecule has 1 atom stereocenters. The van der Waals surface area contributed by atoms with Gasteiger partial charge in [0.05, 0.1) is 0 Å². The van der Waals surface area contributed by atoms with Crippen LogP contribution in [-0.2, 0) is 11.2 Å². The molecule has 0 spiro atoms. The van der Waals surface area contributed by atoms with E-state index in [4.69, 9.17) is 0 Å². The minimum Gasteiger partial charge on any atom is -0.304 e. The molecule has 1 aliphatic heterocycles. The summed E-state index contributed by atoms with van der Waals surface area (Å²) in [5.74, 6) is 0.333. The number of rotatable bonds is 6. The van der Waals surface area contributed by atoms with Gasteiger partial charge < -0.3 is 14.6 Å². The Morgan fingerprint density at radius 3 is 2.40 bits per heavy atom. The summed E-state index contributed by atoms with van der Waals surface area (Å²) in [6.07, 6.45) is 2.73. The van der Waals surface area contributed by atoms with E-state index >= 15 is 0 Å². The maximum atomic E-state index is 10.5. The molecule has 2 rings (SSSR count). The first-order valence-electron chi connectivity index (χ1n) is 7.62. The molecule has 3 nitrogen and oxygen atoms in total. The number of benzene rings is 1. The van der Waals surface area contributed by atoms with Gasteiger partial charge in [-0.25, -0.2) is 0 Å². The third-order valence-corrected chi connectivity index (χ3v) is 4.31. The lowest BCUT2D eigenvalue weighted by molar-refractivity contribution is -0.108. The van der Waals surface area contributed by atoms with Gasteiger partial charge >= 0.3 is 0 Å². The van der Waals surface area contributed by atoms with Crippen LogP contribution in [0.2, 0.25) is 0 Å². The van der Waals surface area contributed by atoms with E-state index < -0.39 is 0 Å². The Balaban J connectivity index is 1.80. The second kappa shape index (κ2) is 7.55. The lowest BCUT2D eigenvalue weighted by Crippen LogP contribution is -2.45. The Morgan fingerprint density at radius 2 is 1.80 bits per heavy atom. The number of aldehydes is 1. The van der Waals surface area contributed by atoms with Crippen LogP contribution in [0.3, 0.4) is 0 Å². The van der Waals surface area contributed by atoms with Crippen molar-refractivity contribution in [1.82, 2.24) is 9.80 Å². The van der Waals surface area contributed by atoms with Gasteiger partial charge in [-0.2, -0.15) is 0 Å². The molecule has 20 heavy (non-hydrogen) atoms. The van der Waals surface area contributed by atoms with E-state index in [9.17, 15) is 4.79 Å². The number of nitrogens with zero attached hydrogens (tertiary/aromatic N) is 2. The van der Waals surface area contributed by atoms with Crippen molar-refractivity contribution in [3.8, 4) is 0 Å². The van der Waals surface area contributed by atoms with Crippen molar-refractivity contribution in [3.63, 3.8) is 0 Å². The van der Waals surface area contributed by atoms with Crippen LogP contribution in [0.4, 0.5) is 0 Å². The maximum absolute atomic E-state index is 10.5. The average Bonchev–Trinajstić information content (AvgIpc) is 2.47. The van der Waals surface area contributed by atoms with Gasteiger partial charge in [-0.1, -0.05) is 31.2 Å².